The van der Waals surface area contributed by atoms with Gasteiger partial charge in [0.25, 0.3) is 5.56 Å². The van der Waals surface area contributed by atoms with Gasteiger partial charge in [-0.1, -0.05) is 0 Å². The van der Waals surface area contributed by atoms with Crippen molar-refractivity contribution < 1.29 is 0 Å². The maximum Gasteiger partial charge on any atom is 0.276 e. The van der Waals surface area contributed by atoms with Crippen molar-refractivity contribution in [1.29, 1.82) is 0 Å². The summed E-state index contributed by atoms with van der Waals surface area (Å²) in [5, 5.41) is 0. The second-order valence-corrected chi connectivity index (χ2v) is 2.36. The van der Waals surface area contributed by atoms with Crippen LogP contribution in [0.3, 0.4) is 0 Å². The summed E-state index contributed by atoms with van der Waals surface area (Å²) in [6.45, 7) is 0. The van der Waals surface area contributed by atoms with Crippen LogP contribution in [0.1, 0.15) is 0 Å². The van der Waals surface area contributed by atoms with Crippen LogP contribution in [0.4, 0.5) is 11.5 Å². The van der Waals surface area contributed by atoms with E-state index in [4.69, 9.17) is 5.73 Å². The number of anilines is 2. The van der Waals surface area contributed by atoms with Crippen molar-refractivity contribution in [2.75, 3.05) is 24.7 Å². The maximum absolute atomic E-state index is 11.1. The van der Waals surface area contributed by atoms with E-state index in [1.165, 1.54) is 6.33 Å². The Morgan fingerprint density at radius 1 is 1.64 bits per heavy atom. The lowest BCUT2D eigenvalue weighted by atomic mass is 10.4. The molecule has 0 bridgehead atoms. The summed E-state index contributed by atoms with van der Waals surface area (Å²) in [7, 11) is 3.48. The first-order valence-electron chi connectivity index (χ1n) is 3.13. The molecule has 0 unspecified atom stereocenters. The molecule has 0 atom stereocenters. The molecule has 0 aliphatic heterocycles. The zero-order valence-electron chi connectivity index (χ0n) is 6.46. The zero-order chi connectivity index (χ0) is 8.43. The molecular formula is C6H10N4O. The van der Waals surface area contributed by atoms with Crippen molar-refractivity contribution in [1.82, 2.24) is 9.97 Å². The van der Waals surface area contributed by atoms with Crippen molar-refractivity contribution in [2.24, 2.45) is 0 Å². The summed E-state index contributed by atoms with van der Waals surface area (Å²) in [4.78, 5) is 18.9. The Morgan fingerprint density at radius 3 is 2.64 bits per heavy atom. The third-order valence-corrected chi connectivity index (χ3v) is 1.30. The van der Waals surface area contributed by atoms with E-state index in [2.05, 4.69) is 9.97 Å². The number of nitrogens with zero attached hydrogens (tertiary/aromatic N) is 2. The van der Waals surface area contributed by atoms with Crippen molar-refractivity contribution in [3.05, 3.63) is 16.7 Å². The van der Waals surface area contributed by atoms with Gasteiger partial charge in [-0.2, -0.15) is 0 Å². The SMILES string of the molecule is CN(C)c1c(N)nc[nH]c1=O. The Kier molecular flexibility index (Phi) is 1.80. The minimum atomic E-state index is -0.220. The average molecular weight is 154 g/mol. The molecule has 0 aliphatic carbocycles. The van der Waals surface area contributed by atoms with Crippen molar-refractivity contribution >= 4 is 11.5 Å². The summed E-state index contributed by atoms with van der Waals surface area (Å²) in [5.74, 6) is 0.249. The fourth-order valence-electron chi connectivity index (χ4n) is 0.838. The van der Waals surface area contributed by atoms with Crippen molar-refractivity contribution in [2.45, 2.75) is 0 Å². The fraction of sp³-hybridized carbons (Fsp3) is 0.333. The predicted molar refractivity (Wildman–Crippen MR) is 43.6 cm³/mol. The van der Waals surface area contributed by atoms with Gasteiger partial charge < -0.3 is 15.6 Å². The van der Waals surface area contributed by atoms with E-state index in [1.807, 2.05) is 0 Å². The van der Waals surface area contributed by atoms with E-state index in [-0.39, 0.29) is 11.4 Å². The number of hydrogen-bond acceptors (Lipinski definition) is 4. The highest BCUT2D eigenvalue weighted by atomic mass is 16.1. The molecule has 0 fully saturated rings. The van der Waals surface area contributed by atoms with Gasteiger partial charge in [-0.3, -0.25) is 4.79 Å². The zero-order valence-corrected chi connectivity index (χ0v) is 6.46. The van der Waals surface area contributed by atoms with Gasteiger partial charge in [-0.25, -0.2) is 4.98 Å². The molecule has 0 saturated heterocycles. The van der Waals surface area contributed by atoms with E-state index in [0.717, 1.165) is 0 Å². The number of hydrogen-bond donors (Lipinski definition) is 2. The highest BCUT2D eigenvalue weighted by Crippen LogP contribution is 2.09. The van der Waals surface area contributed by atoms with Gasteiger partial charge in [-0.15, -0.1) is 0 Å². The lowest BCUT2D eigenvalue weighted by Gasteiger charge is -2.11. The van der Waals surface area contributed by atoms with Gasteiger partial charge in [0.1, 0.15) is 5.69 Å². The maximum atomic E-state index is 11.1. The molecule has 1 aromatic rings. The summed E-state index contributed by atoms with van der Waals surface area (Å²) in [6.07, 6.45) is 1.28. The standard InChI is InChI=1S/C6H10N4O/c1-10(2)4-5(7)8-3-9-6(4)11/h3H,1-2H3,(H3,7,8,9,11). The normalized spacial score (nSPS) is 9.64. The van der Waals surface area contributed by atoms with Gasteiger partial charge in [0.2, 0.25) is 0 Å². The molecule has 0 radical (unpaired) electrons. The van der Waals surface area contributed by atoms with Crippen LogP contribution in [0.5, 0.6) is 0 Å². The molecule has 5 heteroatoms. The first kappa shape index (κ1) is 7.59. The molecule has 1 aromatic heterocycles. The first-order valence-corrected chi connectivity index (χ1v) is 3.13. The molecule has 60 valence electrons. The molecule has 11 heavy (non-hydrogen) atoms. The number of nitrogens with one attached hydrogen (secondary N) is 1. The number of aromatic amines is 1. The van der Waals surface area contributed by atoms with Crippen LogP contribution in [-0.4, -0.2) is 24.1 Å². The molecular weight excluding hydrogens is 144 g/mol. The van der Waals surface area contributed by atoms with Gasteiger partial charge >= 0.3 is 0 Å². The molecule has 5 nitrogen and oxygen atoms in total. The number of nitrogens with two attached hydrogens (primary N) is 1. The van der Waals surface area contributed by atoms with E-state index < -0.39 is 0 Å². The van der Waals surface area contributed by atoms with Crippen LogP contribution in [-0.2, 0) is 0 Å². The Morgan fingerprint density at radius 2 is 2.27 bits per heavy atom. The van der Waals surface area contributed by atoms with E-state index in [0.29, 0.717) is 5.69 Å². The highest BCUT2D eigenvalue weighted by molar-refractivity contribution is 5.60. The van der Waals surface area contributed by atoms with Crippen molar-refractivity contribution in [3.8, 4) is 0 Å². The fourth-order valence-corrected chi connectivity index (χ4v) is 0.838. The predicted octanol–water partition coefficient (Wildman–Crippen LogP) is -0.582. The molecule has 0 saturated carbocycles. The van der Waals surface area contributed by atoms with Gasteiger partial charge in [0.15, 0.2) is 5.82 Å². The molecule has 0 aliphatic rings. The van der Waals surface area contributed by atoms with Crippen LogP contribution in [0.25, 0.3) is 0 Å². The largest absolute Gasteiger partial charge is 0.382 e. The molecule has 1 rings (SSSR count). The highest BCUT2D eigenvalue weighted by Gasteiger charge is 2.05. The minimum absolute atomic E-state index is 0.220. The lowest BCUT2D eigenvalue weighted by Crippen LogP contribution is -2.22. The van der Waals surface area contributed by atoms with Crippen molar-refractivity contribution in [3.63, 3.8) is 0 Å². The van der Waals surface area contributed by atoms with E-state index >= 15 is 0 Å². The topological polar surface area (TPSA) is 75.0 Å². The molecule has 0 amide bonds. The molecule has 0 aromatic carbocycles. The Labute approximate surface area is 63.9 Å². The number of H-pyrrole nitrogens is 1. The number of aromatic nitrogens is 2. The Balaban J connectivity index is 3.33. The second kappa shape index (κ2) is 2.61. The smallest absolute Gasteiger partial charge is 0.276 e. The van der Waals surface area contributed by atoms with Gasteiger partial charge in [0, 0.05) is 14.1 Å². The van der Waals surface area contributed by atoms with E-state index in [9.17, 15) is 4.79 Å². The summed E-state index contributed by atoms with van der Waals surface area (Å²) in [5.41, 5.74) is 5.63. The average Bonchev–Trinajstić information content (AvgIpc) is 1.85. The third-order valence-electron chi connectivity index (χ3n) is 1.30. The van der Waals surface area contributed by atoms with Crippen LogP contribution in [0.2, 0.25) is 0 Å². The lowest BCUT2D eigenvalue weighted by molar-refractivity contribution is 1.04. The van der Waals surface area contributed by atoms with Crippen LogP contribution in [0.15, 0.2) is 11.1 Å². The first-order chi connectivity index (χ1) is 5.13. The van der Waals surface area contributed by atoms with E-state index in [1.54, 1.807) is 19.0 Å². The van der Waals surface area contributed by atoms with Gasteiger partial charge in [-0.05, 0) is 0 Å². The summed E-state index contributed by atoms with van der Waals surface area (Å²) < 4.78 is 0. The minimum Gasteiger partial charge on any atom is -0.382 e. The number of rotatable bonds is 1. The molecule has 3 N–H and O–H groups in total. The Bertz CT molecular complexity index is 304. The quantitative estimate of drug-likeness (QED) is 0.567. The Hall–Kier alpha value is -1.52. The van der Waals surface area contributed by atoms with Crippen LogP contribution in [0, 0.1) is 0 Å². The summed E-state index contributed by atoms with van der Waals surface area (Å²) in [6, 6.07) is 0. The monoisotopic (exact) mass is 154 g/mol. The van der Waals surface area contributed by atoms with Gasteiger partial charge in [0.05, 0.1) is 6.33 Å². The third kappa shape index (κ3) is 1.31. The summed E-state index contributed by atoms with van der Waals surface area (Å²) >= 11 is 0. The van der Waals surface area contributed by atoms with Crippen LogP contribution >= 0.6 is 0 Å². The van der Waals surface area contributed by atoms with Crippen LogP contribution < -0.4 is 16.2 Å². The number of nitrogen functional groups attached to an aromatic ring is 1. The molecule has 0 spiro atoms. The molecule has 1 heterocycles. The second-order valence-electron chi connectivity index (χ2n) is 2.36.